The van der Waals surface area contributed by atoms with Gasteiger partial charge in [-0.2, -0.15) is 0 Å². The maximum Gasteiger partial charge on any atom is 0.229 e. The fraction of sp³-hybridized carbons (Fsp3) is 0.259. The summed E-state index contributed by atoms with van der Waals surface area (Å²) >= 11 is 5.90. The van der Waals surface area contributed by atoms with Crippen LogP contribution in [-0.4, -0.2) is 33.1 Å². The minimum Gasteiger partial charge on any atom is -0.497 e. The summed E-state index contributed by atoms with van der Waals surface area (Å²) in [6, 6.07) is 15.8. The fourth-order valence-corrected chi connectivity index (χ4v) is 4.62. The molecule has 2 atom stereocenters. The molecule has 7 nitrogen and oxygen atoms in total. The molecule has 0 spiro atoms. The highest BCUT2D eigenvalue weighted by Crippen LogP contribution is 2.43. The molecule has 9 heteroatoms. The number of methoxy groups -OCH3 is 3. The minimum atomic E-state index is -0.643. The van der Waals surface area contributed by atoms with Gasteiger partial charge in [0.2, 0.25) is 11.8 Å². The van der Waals surface area contributed by atoms with E-state index in [1.54, 1.807) is 48.4 Å². The van der Waals surface area contributed by atoms with Crippen LogP contribution in [0.3, 0.4) is 0 Å². The molecule has 0 radical (unpaired) electrons. The fourth-order valence-electron chi connectivity index (χ4n) is 4.44. The number of piperidine rings is 1. The lowest BCUT2D eigenvalue weighted by Gasteiger charge is -2.41. The van der Waals surface area contributed by atoms with Crippen molar-refractivity contribution in [3.05, 3.63) is 77.1 Å². The molecule has 2 amide bonds. The average molecular weight is 513 g/mol. The summed E-state index contributed by atoms with van der Waals surface area (Å²) in [5, 5.41) is 2.74. The summed E-state index contributed by atoms with van der Waals surface area (Å²) in [5.41, 5.74) is 1.70. The van der Waals surface area contributed by atoms with Crippen LogP contribution in [0.1, 0.15) is 24.4 Å². The SMILES string of the molecule is COc1ccc(N2C(=O)CC[C@@H](C(=O)Nc3ccc(F)c(Cl)c3)[C@H]2c2ccc(OC)c(OC)c2)cc1. The largest absolute Gasteiger partial charge is 0.497 e. The number of rotatable bonds is 7. The molecule has 1 aliphatic rings. The summed E-state index contributed by atoms with van der Waals surface area (Å²) < 4.78 is 29.7. The van der Waals surface area contributed by atoms with E-state index in [1.165, 1.54) is 32.4 Å². The number of carbonyl (C=O) groups is 2. The van der Waals surface area contributed by atoms with Crippen LogP contribution in [0.2, 0.25) is 5.02 Å². The molecule has 0 bridgehead atoms. The molecule has 1 heterocycles. The Balaban J connectivity index is 1.77. The van der Waals surface area contributed by atoms with Crippen molar-refractivity contribution in [1.82, 2.24) is 0 Å². The number of amides is 2. The van der Waals surface area contributed by atoms with Gasteiger partial charge in [-0.25, -0.2) is 4.39 Å². The Morgan fingerprint density at radius 3 is 2.33 bits per heavy atom. The molecule has 4 rings (SSSR count). The van der Waals surface area contributed by atoms with Gasteiger partial charge in [-0.3, -0.25) is 9.59 Å². The number of benzene rings is 3. The van der Waals surface area contributed by atoms with Crippen molar-refractivity contribution < 1.29 is 28.2 Å². The van der Waals surface area contributed by atoms with Gasteiger partial charge in [0.05, 0.1) is 38.3 Å². The predicted molar refractivity (Wildman–Crippen MR) is 136 cm³/mol. The van der Waals surface area contributed by atoms with Gasteiger partial charge in [-0.05, 0) is 66.6 Å². The lowest BCUT2D eigenvalue weighted by atomic mass is 9.83. The second-order valence-electron chi connectivity index (χ2n) is 8.28. The number of hydrogen-bond donors (Lipinski definition) is 1. The molecule has 0 aliphatic carbocycles. The van der Waals surface area contributed by atoms with Gasteiger partial charge in [0.25, 0.3) is 0 Å². The molecule has 36 heavy (non-hydrogen) atoms. The first-order valence-electron chi connectivity index (χ1n) is 11.3. The molecule has 188 valence electrons. The van der Waals surface area contributed by atoms with Gasteiger partial charge < -0.3 is 24.4 Å². The van der Waals surface area contributed by atoms with Crippen molar-refractivity contribution >= 4 is 34.8 Å². The quantitative estimate of drug-likeness (QED) is 0.444. The Morgan fingerprint density at radius 2 is 1.69 bits per heavy atom. The zero-order valence-corrected chi connectivity index (χ0v) is 20.8. The van der Waals surface area contributed by atoms with Crippen LogP contribution < -0.4 is 24.4 Å². The Bertz CT molecular complexity index is 1270. The van der Waals surface area contributed by atoms with Crippen molar-refractivity contribution in [3.63, 3.8) is 0 Å². The van der Waals surface area contributed by atoms with Crippen molar-refractivity contribution in [2.24, 2.45) is 5.92 Å². The molecule has 1 N–H and O–H groups in total. The van der Waals surface area contributed by atoms with Gasteiger partial charge >= 0.3 is 0 Å². The van der Waals surface area contributed by atoms with Crippen molar-refractivity contribution in [3.8, 4) is 17.2 Å². The standard InChI is InChI=1S/C27H26ClFN2O5/c1-34-19-8-6-18(7-9-19)31-25(32)13-10-20(27(33)30-17-5-11-22(29)21(28)15-17)26(31)16-4-12-23(35-2)24(14-16)36-3/h4-9,11-12,14-15,20,26H,10,13H2,1-3H3,(H,30,33)/t20-,26-/m1/s1. The summed E-state index contributed by atoms with van der Waals surface area (Å²) in [7, 11) is 4.63. The van der Waals surface area contributed by atoms with Crippen molar-refractivity contribution in [2.45, 2.75) is 18.9 Å². The molecular formula is C27H26ClFN2O5. The van der Waals surface area contributed by atoms with Crippen LogP contribution in [0.5, 0.6) is 17.2 Å². The number of carbonyl (C=O) groups excluding carboxylic acids is 2. The van der Waals surface area contributed by atoms with Crippen LogP contribution in [0.25, 0.3) is 0 Å². The third-order valence-corrected chi connectivity index (χ3v) is 6.51. The number of halogens is 2. The Labute approximate surface area is 213 Å². The summed E-state index contributed by atoms with van der Waals surface area (Å²) in [6.07, 6.45) is 0.503. The predicted octanol–water partition coefficient (Wildman–Crippen LogP) is 5.63. The van der Waals surface area contributed by atoms with E-state index >= 15 is 0 Å². The molecule has 1 aliphatic heterocycles. The van der Waals surface area contributed by atoms with E-state index in [0.29, 0.717) is 40.6 Å². The normalized spacial score (nSPS) is 17.5. The molecule has 3 aromatic rings. The van der Waals surface area contributed by atoms with Gasteiger partial charge in [0.15, 0.2) is 11.5 Å². The number of nitrogens with one attached hydrogen (secondary N) is 1. The monoisotopic (exact) mass is 512 g/mol. The molecule has 3 aromatic carbocycles. The van der Waals surface area contributed by atoms with E-state index in [-0.39, 0.29) is 23.3 Å². The topological polar surface area (TPSA) is 77.1 Å². The number of ether oxygens (including phenoxy) is 3. The van der Waals surface area contributed by atoms with E-state index in [4.69, 9.17) is 25.8 Å². The highest BCUT2D eigenvalue weighted by Gasteiger charge is 2.42. The van der Waals surface area contributed by atoms with Crippen molar-refractivity contribution in [1.29, 1.82) is 0 Å². The van der Waals surface area contributed by atoms with E-state index in [9.17, 15) is 14.0 Å². The number of anilines is 2. The van der Waals surface area contributed by atoms with Crippen LogP contribution in [0, 0.1) is 11.7 Å². The first kappa shape index (κ1) is 25.3. The summed E-state index contributed by atoms with van der Waals surface area (Å²) in [6.45, 7) is 0. The maximum atomic E-state index is 13.6. The first-order chi connectivity index (χ1) is 17.4. The van der Waals surface area contributed by atoms with Crippen molar-refractivity contribution in [2.75, 3.05) is 31.5 Å². The van der Waals surface area contributed by atoms with Crippen LogP contribution in [0.15, 0.2) is 60.7 Å². The lowest BCUT2D eigenvalue weighted by Crippen LogP contribution is -2.47. The summed E-state index contributed by atoms with van der Waals surface area (Å²) in [5.74, 6) is 0.0257. The van der Waals surface area contributed by atoms with Gasteiger partial charge in [-0.15, -0.1) is 0 Å². The minimum absolute atomic E-state index is 0.0945. The average Bonchev–Trinajstić information content (AvgIpc) is 2.90. The molecule has 1 fully saturated rings. The van der Waals surface area contributed by atoms with Crippen LogP contribution in [-0.2, 0) is 9.59 Å². The van der Waals surface area contributed by atoms with E-state index in [0.717, 1.165) is 0 Å². The third kappa shape index (κ3) is 5.09. The molecular weight excluding hydrogens is 487 g/mol. The van der Waals surface area contributed by atoms with Crippen LogP contribution >= 0.6 is 11.6 Å². The number of hydrogen-bond acceptors (Lipinski definition) is 5. The van der Waals surface area contributed by atoms with E-state index in [1.807, 2.05) is 6.07 Å². The van der Waals surface area contributed by atoms with E-state index < -0.39 is 17.8 Å². The third-order valence-electron chi connectivity index (χ3n) is 6.22. The molecule has 0 unspecified atom stereocenters. The maximum absolute atomic E-state index is 13.6. The van der Waals surface area contributed by atoms with Gasteiger partial charge in [0, 0.05) is 17.8 Å². The lowest BCUT2D eigenvalue weighted by molar-refractivity contribution is -0.125. The summed E-state index contributed by atoms with van der Waals surface area (Å²) in [4.78, 5) is 28.4. The first-order valence-corrected chi connectivity index (χ1v) is 11.7. The van der Waals surface area contributed by atoms with Crippen LogP contribution in [0.4, 0.5) is 15.8 Å². The molecule has 1 saturated heterocycles. The zero-order chi connectivity index (χ0) is 25.8. The molecule has 0 saturated carbocycles. The highest BCUT2D eigenvalue weighted by atomic mass is 35.5. The highest BCUT2D eigenvalue weighted by molar-refractivity contribution is 6.31. The Kier molecular flexibility index (Phi) is 7.64. The second kappa shape index (κ2) is 10.9. The zero-order valence-electron chi connectivity index (χ0n) is 20.1. The van der Waals surface area contributed by atoms with Gasteiger partial charge in [-0.1, -0.05) is 17.7 Å². The van der Waals surface area contributed by atoms with E-state index in [2.05, 4.69) is 5.32 Å². The molecule has 0 aromatic heterocycles. The number of nitrogens with zero attached hydrogens (tertiary/aromatic N) is 1. The second-order valence-corrected chi connectivity index (χ2v) is 8.69. The smallest absolute Gasteiger partial charge is 0.229 e. The Hall–Kier alpha value is -3.78. The Morgan fingerprint density at radius 1 is 0.972 bits per heavy atom. The van der Waals surface area contributed by atoms with Gasteiger partial charge in [0.1, 0.15) is 11.6 Å².